The van der Waals surface area contributed by atoms with Gasteiger partial charge >= 0.3 is 0 Å². The van der Waals surface area contributed by atoms with Gasteiger partial charge in [-0.05, 0) is 24.6 Å². The molecule has 0 saturated carbocycles. The van der Waals surface area contributed by atoms with Crippen molar-refractivity contribution in [2.75, 3.05) is 5.73 Å². The molecule has 3 N–H and O–H groups in total. The maximum atomic E-state index is 13.6. The Morgan fingerprint density at radius 3 is 2.55 bits per heavy atom. The van der Waals surface area contributed by atoms with E-state index in [1.165, 1.54) is 6.07 Å². The average molecular weight is 272 g/mol. The Bertz CT molecular complexity index is 613. The first-order chi connectivity index (χ1) is 9.58. The molecule has 1 amide bonds. The van der Waals surface area contributed by atoms with Crippen molar-refractivity contribution < 1.29 is 9.18 Å². The van der Waals surface area contributed by atoms with Gasteiger partial charge in [0.05, 0.1) is 12.5 Å². The van der Waals surface area contributed by atoms with Crippen molar-refractivity contribution >= 4 is 11.6 Å². The molecule has 0 aromatic heterocycles. The fraction of sp³-hybridized carbons (Fsp3) is 0.188. The summed E-state index contributed by atoms with van der Waals surface area (Å²) in [4.78, 5) is 12.0. The summed E-state index contributed by atoms with van der Waals surface area (Å²) in [5, 5.41) is 2.78. The number of nitrogens with two attached hydrogens (primary N) is 1. The van der Waals surface area contributed by atoms with Crippen LogP contribution in [0.1, 0.15) is 24.1 Å². The summed E-state index contributed by atoms with van der Waals surface area (Å²) in [6.07, 6.45) is 0.186. The Labute approximate surface area is 117 Å². The Morgan fingerprint density at radius 1 is 1.20 bits per heavy atom. The van der Waals surface area contributed by atoms with E-state index in [1.54, 1.807) is 31.2 Å². The second-order valence-electron chi connectivity index (χ2n) is 4.69. The van der Waals surface area contributed by atoms with E-state index >= 15 is 0 Å². The van der Waals surface area contributed by atoms with Gasteiger partial charge in [-0.1, -0.05) is 36.4 Å². The smallest absolute Gasteiger partial charge is 0.224 e. The van der Waals surface area contributed by atoms with Gasteiger partial charge in [-0.25, -0.2) is 4.39 Å². The molecule has 4 heteroatoms. The monoisotopic (exact) mass is 272 g/mol. The van der Waals surface area contributed by atoms with Crippen molar-refractivity contribution in [3.63, 3.8) is 0 Å². The quantitative estimate of drug-likeness (QED) is 0.841. The number of rotatable bonds is 4. The van der Waals surface area contributed by atoms with Crippen LogP contribution in [-0.4, -0.2) is 5.91 Å². The van der Waals surface area contributed by atoms with Gasteiger partial charge in [0, 0.05) is 11.3 Å². The SMILES string of the molecule is CC(NC(=O)Cc1ccccc1N)c1ccccc1F. The Balaban J connectivity index is 2.02. The summed E-state index contributed by atoms with van der Waals surface area (Å²) < 4.78 is 13.6. The number of para-hydroxylation sites is 1. The maximum Gasteiger partial charge on any atom is 0.224 e. The minimum atomic E-state index is -0.381. The van der Waals surface area contributed by atoms with Crippen molar-refractivity contribution in [1.29, 1.82) is 0 Å². The molecule has 104 valence electrons. The highest BCUT2D eigenvalue weighted by Gasteiger charge is 2.13. The minimum absolute atomic E-state index is 0.182. The first kappa shape index (κ1) is 14.1. The number of carbonyl (C=O) groups excluding carboxylic acids is 1. The molecule has 2 rings (SSSR count). The predicted molar refractivity (Wildman–Crippen MR) is 77.5 cm³/mol. The lowest BCUT2D eigenvalue weighted by atomic mass is 10.1. The largest absolute Gasteiger partial charge is 0.398 e. The zero-order chi connectivity index (χ0) is 14.5. The van der Waals surface area contributed by atoms with Crippen LogP contribution in [0, 0.1) is 5.82 Å². The summed E-state index contributed by atoms with van der Waals surface area (Å²) in [6.45, 7) is 1.75. The molecule has 1 unspecified atom stereocenters. The third-order valence-corrected chi connectivity index (χ3v) is 3.16. The number of nitrogen functional groups attached to an aromatic ring is 1. The third-order valence-electron chi connectivity index (χ3n) is 3.16. The maximum absolute atomic E-state index is 13.6. The van der Waals surface area contributed by atoms with Crippen molar-refractivity contribution in [3.8, 4) is 0 Å². The number of anilines is 1. The molecular weight excluding hydrogens is 255 g/mol. The minimum Gasteiger partial charge on any atom is -0.398 e. The summed E-state index contributed by atoms with van der Waals surface area (Å²) >= 11 is 0. The van der Waals surface area contributed by atoms with Gasteiger partial charge in [-0.15, -0.1) is 0 Å². The van der Waals surface area contributed by atoms with Crippen molar-refractivity contribution in [1.82, 2.24) is 5.32 Å². The topological polar surface area (TPSA) is 55.1 Å². The molecule has 0 aliphatic carbocycles. The molecule has 1 atom stereocenters. The molecule has 0 aliphatic rings. The van der Waals surface area contributed by atoms with Crippen molar-refractivity contribution in [2.45, 2.75) is 19.4 Å². The van der Waals surface area contributed by atoms with Crippen LogP contribution in [0.15, 0.2) is 48.5 Å². The first-order valence-electron chi connectivity index (χ1n) is 6.45. The van der Waals surface area contributed by atoms with Crippen LogP contribution in [0.25, 0.3) is 0 Å². The van der Waals surface area contributed by atoms with Crippen LogP contribution in [-0.2, 0) is 11.2 Å². The van der Waals surface area contributed by atoms with Gasteiger partial charge in [0.2, 0.25) is 5.91 Å². The molecule has 0 saturated heterocycles. The number of halogens is 1. The standard InChI is InChI=1S/C16H17FN2O/c1-11(13-7-3-4-8-14(13)17)19-16(20)10-12-6-2-5-9-15(12)18/h2-9,11H,10,18H2,1H3,(H,19,20). The predicted octanol–water partition coefficient (Wildman–Crippen LogP) is 2.83. The summed E-state index contributed by atoms with van der Waals surface area (Å²) in [5.41, 5.74) is 7.62. The highest BCUT2D eigenvalue weighted by molar-refractivity contribution is 5.80. The van der Waals surface area contributed by atoms with Crippen molar-refractivity contribution in [3.05, 3.63) is 65.5 Å². The van der Waals surface area contributed by atoms with E-state index in [0.717, 1.165) is 5.56 Å². The molecule has 0 radical (unpaired) electrons. The molecule has 0 bridgehead atoms. The highest BCUT2D eigenvalue weighted by Crippen LogP contribution is 2.17. The number of hydrogen-bond donors (Lipinski definition) is 2. The van der Waals surface area contributed by atoms with Gasteiger partial charge < -0.3 is 11.1 Å². The third kappa shape index (κ3) is 3.35. The molecule has 20 heavy (non-hydrogen) atoms. The van der Waals surface area contributed by atoms with E-state index in [1.807, 2.05) is 18.2 Å². The summed E-state index contributed by atoms with van der Waals surface area (Å²) in [5.74, 6) is -0.502. The zero-order valence-corrected chi connectivity index (χ0v) is 11.3. The molecule has 2 aromatic carbocycles. The van der Waals surface area contributed by atoms with Gasteiger partial charge in [-0.3, -0.25) is 4.79 Å². The number of carbonyl (C=O) groups is 1. The summed E-state index contributed by atoms with van der Waals surface area (Å²) in [6, 6.07) is 13.2. The van der Waals surface area contributed by atoms with Crippen LogP contribution in [0.3, 0.4) is 0 Å². The van der Waals surface area contributed by atoms with Crippen LogP contribution in [0.4, 0.5) is 10.1 Å². The number of amides is 1. The fourth-order valence-electron chi connectivity index (χ4n) is 2.06. The van der Waals surface area contributed by atoms with E-state index in [9.17, 15) is 9.18 Å². The Kier molecular flexibility index (Phi) is 4.35. The lowest BCUT2D eigenvalue weighted by molar-refractivity contribution is -0.121. The lowest BCUT2D eigenvalue weighted by Crippen LogP contribution is -2.28. The number of hydrogen-bond acceptors (Lipinski definition) is 2. The fourth-order valence-corrected chi connectivity index (χ4v) is 2.06. The van der Waals surface area contributed by atoms with E-state index in [4.69, 9.17) is 5.73 Å². The molecular formula is C16H17FN2O. The number of benzene rings is 2. The molecule has 0 fully saturated rings. The molecule has 0 aliphatic heterocycles. The second-order valence-corrected chi connectivity index (χ2v) is 4.69. The Morgan fingerprint density at radius 2 is 1.85 bits per heavy atom. The average Bonchev–Trinajstić information content (AvgIpc) is 2.41. The van der Waals surface area contributed by atoms with Gasteiger partial charge in [0.1, 0.15) is 5.82 Å². The van der Waals surface area contributed by atoms with Crippen LogP contribution >= 0.6 is 0 Å². The van der Waals surface area contributed by atoms with E-state index < -0.39 is 0 Å². The van der Waals surface area contributed by atoms with E-state index in [2.05, 4.69) is 5.32 Å². The first-order valence-corrected chi connectivity index (χ1v) is 6.45. The summed E-state index contributed by atoms with van der Waals surface area (Å²) in [7, 11) is 0. The van der Waals surface area contributed by atoms with Crippen LogP contribution in [0.2, 0.25) is 0 Å². The Hall–Kier alpha value is -2.36. The zero-order valence-electron chi connectivity index (χ0n) is 11.3. The molecule has 3 nitrogen and oxygen atoms in total. The van der Waals surface area contributed by atoms with Crippen LogP contribution in [0.5, 0.6) is 0 Å². The van der Waals surface area contributed by atoms with Gasteiger partial charge in [0.25, 0.3) is 0 Å². The lowest BCUT2D eigenvalue weighted by Gasteiger charge is -2.15. The van der Waals surface area contributed by atoms with Crippen molar-refractivity contribution in [2.24, 2.45) is 0 Å². The molecule has 0 heterocycles. The van der Waals surface area contributed by atoms with Gasteiger partial charge in [-0.2, -0.15) is 0 Å². The van der Waals surface area contributed by atoms with Crippen LogP contribution < -0.4 is 11.1 Å². The highest BCUT2D eigenvalue weighted by atomic mass is 19.1. The van der Waals surface area contributed by atoms with E-state index in [-0.39, 0.29) is 24.2 Å². The normalized spacial score (nSPS) is 11.9. The number of nitrogens with one attached hydrogen (secondary N) is 1. The van der Waals surface area contributed by atoms with Gasteiger partial charge in [0.15, 0.2) is 0 Å². The van der Waals surface area contributed by atoms with E-state index in [0.29, 0.717) is 11.3 Å². The second kappa shape index (κ2) is 6.19. The molecule has 0 spiro atoms. The molecule has 2 aromatic rings.